The van der Waals surface area contributed by atoms with Crippen molar-refractivity contribution in [2.75, 3.05) is 0 Å². The molecule has 1 aromatic carbocycles. The fourth-order valence-electron chi connectivity index (χ4n) is 1.12. The van der Waals surface area contributed by atoms with E-state index in [1.54, 1.807) is 30.3 Å². The van der Waals surface area contributed by atoms with Crippen LogP contribution < -0.4 is 0 Å². The zero-order valence-corrected chi connectivity index (χ0v) is 7.59. The highest BCUT2D eigenvalue weighted by molar-refractivity contribution is 5.48. The molecule has 3 heteroatoms. The summed E-state index contributed by atoms with van der Waals surface area (Å²) in [6.07, 6.45) is -0.926. The summed E-state index contributed by atoms with van der Waals surface area (Å²) in [6.45, 7) is 3.59. The van der Waals surface area contributed by atoms with Gasteiger partial charge >= 0.3 is 0 Å². The molecule has 0 aliphatic heterocycles. The molecule has 2 unspecified atom stereocenters. The van der Waals surface area contributed by atoms with Crippen LogP contribution in [0.2, 0.25) is 0 Å². The van der Waals surface area contributed by atoms with E-state index in [1.807, 2.05) is 6.07 Å². The molecule has 0 heterocycles. The van der Waals surface area contributed by atoms with Crippen molar-refractivity contribution in [2.24, 2.45) is 0 Å². The maximum Gasteiger partial charge on any atom is 0.170 e. The van der Waals surface area contributed by atoms with Gasteiger partial charge in [-0.1, -0.05) is 30.9 Å². The molecule has 0 saturated carbocycles. The number of aliphatic hydroxyl groups excluding tert-OH is 2. The van der Waals surface area contributed by atoms with Crippen molar-refractivity contribution in [1.29, 1.82) is 5.26 Å². The highest BCUT2D eigenvalue weighted by Crippen LogP contribution is 2.18. The normalized spacial score (nSPS) is 14.1. The van der Waals surface area contributed by atoms with Gasteiger partial charge in [-0.25, -0.2) is 0 Å². The van der Waals surface area contributed by atoms with Gasteiger partial charge in [-0.05, 0) is 17.2 Å². The van der Waals surface area contributed by atoms with E-state index in [2.05, 4.69) is 6.58 Å². The van der Waals surface area contributed by atoms with Gasteiger partial charge in [0.15, 0.2) is 6.10 Å². The number of hydrogen-bond acceptors (Lipinski definition) is 3. The molecule has 1 rings (SSSR count). The summed E-state index contributed by atoms with van der Waals surface area (Å²) in [6, 6.07) is 8.47. The predicted octanol–water partition coefficient (Wildman–Crippen LogP) is 1.25. The molecule has 0 aromatic heterocycles. The third-order valence-electron chi connectivity index (χ3n) is 1.92. The lowest BCUT2D eigenvalue weighted by Gasteiger charge is -2.12. The maximum absolute atomic E-state index is 9.50. The van der Waals surface area contributed by atoms with Crippen LogP contribution in [0.1, 0.15) is 17.2 Å². The van der Waals surface area contributed by atoms with E-state index < -0.39 is 12.2 Å². The molecule has 3 nitrogen and oxygen atoms in total. The molecule has 0 bridgehead atoms. The predicted molar refractivity (Wildman–Crippen MR) is 53.1 cm³/mol. The molecule has 2 N–H and O–H groups in total. The van der Waals surface area contributed by atoms with Gasteiger partial charge in [0.1, 0.15) is 6.10 Å². The Bertz CT molecular complexity index is 368. The Kier molecular flexibility index (Phi) is 3.41. The van der Waals surface area contributed by atoms with Crippen LogP contribution in [0.3, 0.4) is 0 Å². The van der Waals surface area contributed by atoms with E-state index >= 15 is 0 Å². The molecule has 0 saturated heterocycles. The van der Waals surface area contributed by atoms with Crippen molar-refractivity contribution in [3.63, 3.8) is 0 Å². The Labute approximate surface area is 82.5 Å². The van der Waals surface area contributed by atoms with Gasteiger partial charge in [0.25, 0.3) is 0 Å². The average molecular weight is 189 g/mol. The lowest BCUT2D eigenvalue weighted by Crippen LogP contribution is -2.15. The van der Waals surface area contributed by atoms with Crippen LogP contribution in [-0.2, 0) is 0 Å². The zero-order valence-electron chi connectivity index (χ0n) is 7.59. The first kappa shape index (κ1) is 10.5. The van der Waals surface area contributed by atoms with Crippen LogP contribution in [0.5, 0.6) is 0 Å². The number of aliphatic hydroxyl groups is 2. The molecule has 1 aromatic rings. The van der Waals surface area contributed by atoms with Crippen LogP contribution in [0.15, 0.2) is 30.8 Å². The van der Waals surface area contributed by atoms with Gasteiger partial charge in [-0.2, -0.15) is 5.26 Å². The van der Waals surface area contributed by atoms with Crippen molar-refractivity contribution in [3.05, 3.63) is 42.0 Å². The van der Waals surface area contributed by atoms with E-state index in [1.165, 1.54) is 0 Å². The molecule has 0 aliphatic carbocycles. The Morgan fingerprint density at radius 3 is 2.71 bits per heavy atom. The first-order valence-electron chi connectivity index (χ1n) is 4.17. The summed E-state index contributed by atoms with van der Waals surface area (Å²) < 4.78 is 0. The molecular formula is C11H11NO2. The molecule has 72 valence electrons. The van der Waals surface area contributed by atoms with Gasteiger partial charge in [-0.15, -0.1) is 0 Å². The van der Waals surface area contributed by atoms with E-state index in [0.717, 1.165) is 5.56 Å². The highest BCUT2D eigenvalue weighted by atomic mass is 16.3. The molecule has 0 fully saturated rings. The summed E-state index contributed by atoms with van der Waals surface area (Å²) in [5.41, 5.74) is 1.35. The molecule has 2 atom stereocenters. The second kappa shape index (κ2) is 4.56. The number of benzene rings is 1. The average Bonchev–Trinajstić information content (AvgIpc) is 2.27. The van der Waals surface area contributed by atoms with Crippen LogP contribution in [-0.4, -0.2) is 16.3 Å². The number of nitriles is 1. The summed E-state index contributed by atoms with van der Waals surface area (Å²) >= 11 is 0. The number of nitrogens with zero attached hydrogens (tertiary/aromatic N) is 1. The van der Waals surface area contributed by atoms with E-state index in [9.17, 15) is 5.11 Å². The van der Waals surface area contributed by atoms with Crippen molar-refractivity contribution >= 4 is 6.08 Å². The minimum atomic E-state index is -1.39. The maximum atomic E-state index is 9.50. The van der Waals surface area contributed by atoms with Crippen molar-refractivity contribution < 1.29 is 10.2 Å². The van der Waals surface area contributed by atoms with Crippen LogP contribution in [0, 0.1) is 11.3 Å². The quantitative estimate of drug-likeness (QED) is 0.703. The standard InChI is InChI=1S/C11H11NO2/c1-2-8-4-3-5-9(6-8)11(14)10(13)7-12/h2-6,10-11,13-14H,1H2. The Hall–Kier alpha value is -1.63. The first-order valence-corrected chi connectivity index (χ1v) is 4.17. The van der Waals surface area contributed by atoms with Crippen LogP contribution >= 0.6 is 0 Å². The second-order valence-corrected chi connectivity index (χ2v) is 2.89. The number of rotatable bonds is 3. The molecule has 14 heavy (non-hydrogen) atoms. The Morgan fingerprint density at radius 2 is 2.14 bits per heavy atom. The van der Waals surface area contributed by atoms with Crippen LogP contribution in [0.4, 0.5) is 0 Å². The summed E-state index contributed by atoms with van der Waals surface area (Å²) in [4.78, 5) is 0. The van der Waals surface area contributed by atoms with Crippen molar-refractivity contribution in [1.82, 2.24) is 0 Å². The fraction of sp³-hybridized carbons (Fsp3) is 0.182. The third kappa shape index (κ3) is 2.19. The van der Waals surface area contributed by atoms with Crippen LogP contribution in [0.25, 0.3) is 6.08 Å². The summed E-state index contributed by atoms with van der Waals surface area (Å²) in [5, 5.41) is 27.0. The first-order chi connectivity index (χ1) is 6.69. The van der Waals surface area contributed by atoms with E-state index in [-0.39, 0.29) is 0 Å². The zero-order chi connectivity index (χ0) is 10.6. The number of hydrogen-bond donors (Lipinski definition) is 2. The molecule has 0 amide bonds. The largest absolute Gasteiger partial charge is 0.385 e. The minimum Gasteiger partial charge on any atom is -0.385 e. The van der Waals surface area contributed by atoms with Crippen molar-refractivity contribution in [3.8, 4) is 6.07 Å². The fourth-order valence-corrected chi connectivity index (χ4v) is 1.12. The van der Waals surface area contributed by atoms with Gasteiger partial charge in [0, 0.05) is 0 Å². The monoisotopic (exact) mass is 189 g/mol. The smallest absolute Gasteiger partial charge is 0.170 e. The van der Waals surface area contributed by atoms with E-state index in [0.29, 0.717) is 5.56 Å². The van der Waals surface area contributed by atoms with E-state index in [4.69, 9.17) is 10.4 Å². The molecule has 0 aliphatic rings. The SMILES string of the molecule is C=Cc1cccc(C(O)C(O)C#N)c1. The highest BCUT2D eigenvalue weighted by Gasteiger charge is 2.17. The van der Waals surface area contributed by atoms with Gasteiger partial charge in [-0.3, -0.25) is 0 Å². The van der Waals surface area contributed by atoms with Gasteiger partial charge in [0.2, 0.25) is 0 Å². The lowest BCUT2D eigenvalue weighted by atomic mass is 10.0. The van der Waals surface area contributed by atoms with Gasteiger partial charge < -0.3 is 10.2 Å². The summed E-state index contributed by atoms with van der Waals surface area (Å²) in [5.74, 6) is 0. The third-order valence-corrected chi connectivity index (χ3v) is 1.92. The Balaban J connectivity index is 2.96. The minimum absolute atomic E-state index is 0.511. The van der Waals surface area contributed by atoms with Crippen molar-refractivity contribution in [2.45, 2.75) is 12.2 Å². The lowest BCUT2D eigenvalue weighted by molar-refractivity contribution is 0.0528. The molecule has 0 radical (unpaired) electrons. The second-order valence-electron chi connectivity index (χ2n) is 2.89. The molecular weight excluding hydrogens is 178 g/mol. The summed E-state index contributed by atoms with van der Waals surface area (Å²) in [7, 11) is 0. The topological polar surface area (TPSA) is 64.2 Å². The molecule has 0 spiro atoms. The Morgan fingerprint density at radius 1 is 1.43 bits per heavy atom. The van der Waals surface area contributed by atoms with Gasteiger partial charge in [0.05, 0.1) is 6.07 Å².